The van der Waals surface area contributed by atoms with Crippen LogP contribution in [-0.4, -0.2) is 11.2 Å². The van der Waals surface area contributed by atoms with Crippen molar-refractivity contribution in [3.63, 3.8) is 0 Å². The predicted molar refractivity (Wildman–Crippen MR) is 43.8 cm³/mol. The van der Waals surface area contributed by atoms with E-state index in [4.69, 9.17) is 6.42 Å². The lowest BCUT2D eigenvalue weighted by Gasteiger charge is -2.23. The first-order valence-electron chi connectivity index (χ1n) is 4.45. The second kappa shape index (κ2) is 2.53. The van der Waals surface area contributed by atoms with Crippen molar-refractivity contribution >= 4 is 0 Å². The minimum atomic E-state index is -0.467. The molecule has 2 aliphatic carbocycles. The van der Waals surface area contributed by atoms with Gasteiger partial charge in [-0.05, 0) is 37.0 Å². The maximum absolute atomic E-state index is 9.44. The third-order valence-electron chi connectivity index (χ3n) is 3.37. The molecule has 2 fully saturated rings. The minimum Gasteiger partial charge on any atom is -0.380 e. The summed E-state index contributed by atoms with van der Waals surface area (Å²) in [6, 6.07) is 0. The van der Waals surface area contributed by atoms with Crippen LogP contribution < -0.4 is 0 Å². The fourth-order valence-electron chi connectivity index (χ4n) is 2.80. The maximum atomic E-state index is 9.44. The smallest absolute Gasteiger partial charge is 0.117 e. The molecule has 2 saturated carbocycles. The Labute approximate surface area is 67.8 Å². The molecule has 11 heavy (non-hydrogen) atoms. The topological polar surface area (TPSA) is 20.2 Å². The van der Waals surface area contributed by atoms with Crippen LogP contribution >= 0.6 is 0 Å². The Morgan fingerprint density at radius 2 is 2.18 bits per heavy atom. The van der Waals surface area contributed by atoms with Crippen molar-refractivity contribution in [1.82, 2.24) is 0 Å². The number of hydrogen-bond donors (Lipinski definition) is 1. The molecule has 4 unspecified atom stereocenters. The molecule has 1 N–H and O–H groups in total. The Morgan fingerprint density at radius 3 is 2.64 bits per heavy atom. The van der Waals surface area contributed by atoms with E-state index in [0.717, 1.165) is 11.8 Å². The lowest BCUT2D eigenvalue weighted by Crippen LogP contribution is -2.23. The van der Waals surface area contributed by atoms with Gasteiger partial charge in [0.1, 0.15) is 6.10 Å². The molecule has 2 bridgehead atoms. The van der Waals surface area contributed by atoms with Crippen molar-refractivity contribution in [2.75, 3.05) is 0 Å². The van der Waals surface area contributed by atoms with Crippen LogP contribution in [0.15, 0.2) is 0 Å². The maximum Gasteiger partial charge on any atom is 0.117 e. The van der Waals surface area contributed by atoms with Gasteiger partial charge in [0.15, 0.2) is 0 Å². The van der Waals surface area contributed by atoms with Crippen LogP contribution in [-0.2, 0) is 0 Å². The third kappa shape index (κ3) is 1.06. The SMILES string of the molecule is C#CC(O)C1CC2CCC1C2. The monoisotopic (exact) mass is 150 g/mol. The Bertz CT molecular complexity index is 192. The van der Waals surface area contributed by atoms with Crippen LogP contribution in [0, 0.1) is 30.1 Å². The molecule has 0 heterocycles. The van der Waals surface area contributed by atoms with Gasteiger partial charge in [-0.1, -0.05) is 12.3 Å². The summed E-state index contributed by atoms with van der Waals surface area (Å²) in [4.78, 5) is 0. The van der Waals surface area contributed by atoms with Crippen molar-refractivity contribution < 1.29 is 5.11 Å². The fraction of sp³-hybridized carbons (Fsp3) is 0.800. The summed E-state index contributed by atoms with van der Waals surface area (Å²) in [6.45, 7) is 0. The number of aliphatic hydroxyl groups excluding tert-OH is 1. The molecule has 2 aliphatic rings. The Kier molecular flexibility index (Phi) is 1.65. The van der Waals surface area contributed by atoms with Crippen molar-refractivity contribution in [3.8, 4) is 12.3 Å². The number of aliphatic hydroxyl groups is 1. The molecule has 0 aromatic heterocycles. The normalized spacial score (nSPS) is 43.8. The number of terminal acetylenes is 1. The number of fused-ring (bicyclic) bond motifs is 2. The average Bonchev–Trinajstić information content (AvgIpc) is 2.62. The average molecular weight is 150 g/mol. The number of rotatable bonds is 1. The van der Waals surface area contributed by atoms with Crippen LogP contribution in [0.4, 0.5) is 0 Å². The van der Waals surface area contributed by atoms with E-state index in [-0.39, 0.29) is 0 Å². The molecule has 4 atom stereocenters. The van der Waals surface area contributed by atoms with Crippen LogP contribution in [0.3, 0.4) is 0 Å². The van der Waals surface area contributed by atoms with E-state index in [9.17, 15) is 5.11 Å². The molecule has 60 valence electrons. The van der Waals surface area contributed by atoms with Crippen LogP contribution in [0.1, 0.15) is 25.7 Å². The molecular formula is C10H14O. The van der Waals surface area contributed by atoms with E-state index in [1.807, 2.05) is 0 Å². The molecule has 0 aromatic rings. The van der Waals surface area contributed by atoms with Crippen LogP contribution in [0.2, 0.25) is 0 Å². The largest absolute Gasteiger partial charge is 0.380 e. The summed E-state index contributed by atoms with van der Waals surface area (Å²) in [6.07, 6.45) is 9.89. The second-order valence-corrected chi connectivity index (χ2v) is 3.95. The van der Waals surface area contributed by atoms with Gasteiger partial charge in [0.05, 0.1) is 0 Å². The molecular weight excluding hydrogens is 136 g/mol. The molecule has 0 spiro atoms. The summed E-state index contributed by atoms with van der Waals surface area (Å²) in [5, 5.41) is 9.44. The van der Waals surface area contributed by atoms with E-state index < -0.39 is 6.10 Å². The zero-order valence-electron chi connectivity index (χ0n) is 6.66. The Balaban J connectivity index is 2.03. The van der Waals surface area contributed by atoms with Gasteiger partial charge < -0.3 is 5.11 Å². The summed E-state index contributed by atoms with van der Waals surface area (Å²) in [5.74, 6) is 4.50. The zero-order valence-corrected chi connectivity index (χ0v) is 6.66. The summed E-state index contributed by atoms with van der Waals surface area (Å²) < 4.78 is 0. The highest BCUT2D eigenvalue weighted by atomic mass is 16.3. The molecule has 0 radical (unpaired) electrons. The van der Waals surface area contributed by atoms with Crippen molar-refractivity contribution in [3.05, 3.63) is 0 Å². The molecule has 0 aromatic carbocycles. The minimum absolute atomic E-state index is 0.429. The van der Waals surface area contributed by atoms with Crippen LogP contribution in [0.5, 0.6) is 0 Å². The lowest BCUT2D eigenvalue weighted by molar-refractivity contribution is 0.122. The van der Waals surface area contributed by atoms with E-state index in [1.54, 1.807) is 0 Å². The Morgan fingerprint density at radius 1 is 1.36 bits per heavy atom. The summed E-state index contributed by atoms with van der Waals surface area (Å²) in [7, 11) is 0. The fourth-order valence-corrected chi connectivity index (χ4v) is 2.80. The van der Waals surface area contributed by atoms with Gasteiger partial charge in [0.2, 0.25) is 0 Å². The zero-order chi connectivity index (χ0) is 7.84. The van der Waals surface area contributed by atoms with E-state index in [1.165, 1.54) is 25.7 Å². The molecule has 0 saturated heterocycles. The predicted octanol–water partition coefficient (Wildman–Crippen LogP) is 1.42. The van der Waals surface area contributed by atoms with Gasteiger partial charge >= 0.3 is 0 Å². The van der Waals surface area contributed by atoms with Gasteiger partial charge in [0, 0.05) is 0 Å². The number of hydrogen-bond acceptors (Lipinski definition) is 1. The van der Waals surface area contributed by atoms with Gasteiger partial charge in [-0.15, -0.1) is 6.42 Å². The summed E-state index contributed by atoms with van der Waals surface area (Å²) in [5.41, 5.74) is 0. The van der Waals surface area contributed by atoms with Gasteiger partial charge in [-0.25, -0.2) is 0 Å². The van der Waals surface area contributed by atoms with E-state index >= 15 is 0 Å². The van der Waals surface area contributed by atoms with E-state index in [2.05, 4.69) is 5.92 Å². The second-order valence-electron chi connectivity index (χ2n) is 3.95. The highest BCUT2D eigenvalue weighted by molar-refractivity contribution is 5.03. The van der Waals surface area contributed by atoms with E-state index in [0.29, 0.717) is 5.92 Å². The van der Waals surface area contributed by atoms with Gasteiger partial charge in [-0.3, -0.25) is 0 Å². The quantitative estimate of drug-likeness (QED) is 0.560. The molecule has 0 aliphatic heterocycles. The molecule has 1 heteroatoms. The first kappa shape index (κ1) is 7.18. The van der Waals surface area contributed by atoms with Crippen molar-refractivity contribution in [2.24, 2.45) is 17.8 Å². The lowest BCUT2D eigenvalue weighted by atomic mass is 9.85. The Hall–Kier alpha value is -0.480. The molecule has 2 rings (SSSR count). The molecule has 0 amide bonds. The van der Waals surface area contributed by atoms with Gasteiger partial charge in [-0.2, -0.15) is 0 Å². The highest BCUT2D eigenvalue weighted by Gasteiger charge is 2.42. The summed E-state index contributed by atoms with van der Waals surface area (Å²) >= 11 is 0. The highest BCUT2D eigenvalue weighted by Crippen LogP contribution is 2.49. The molecule has 1 nitrogen and oxygen atoms in total. The van der Waals surface area contributed by atoms with Crippen molar-refractivity contribution in [1.29, 1.82) is 0 Å². The first-order valence-corrected chi connectivity index (χ1v) is 4.45. The van der Waals surface area contributed by atoms with Gasteiger partial charge in [0.25, 0.3) is 0 Å². The first-order chi connectivity index (χ1) is 5.31. The third-order valence-corrected chi connectivity index (χ3v) is 3.37. The van der Waals surface area contributed by atoms with Crippen molar-refractivity contribution in [2.45, 2.75) is 31.8 Å². The standard InChI is InChI=1S/C10H14O/c1-2-10(11)9-6-7-3-4-8(9)5-7/h1,7-11H,3-6H2. The van der Waals surface area contributed by atoms with Crippen LogP contribution in [0.25, 0.3) is 0 Å².